The van der Waals surface area contributed by atoms with Crippen molar-refractivity contribution in [2.75, 3.05) is 12.4 Å². The number of aromatic nitrogens is 4. The topological polar surface area (TPSA) is 55.6 Å². The third kappa shape index (κ3) is 1.54. The second-order valence-electron chi connectivity index (χ2n) is 2.67. The fraction of sp³-hybridized carbons (Fsp3) is 0.125. The van der Waals surface area contributed by atoms with Crippen LogP contribution in [0.3, 0.4) is 0 Å². The van der Waals surface area contributed by atoms with Crippen LogP contribution < -0.4 is 5.32 Å². The first-order valence-electron chi connectivity index (χ1n) is 4.02. The molecule has 0 saturated carbocycles. The molecule has 5 nitrogen and oxygen atoms in total. The third-order valence-electron chi connectivity index (χ3n) is 1.82. The van der Waals surface area contributed by atoms with Gasteiger partial charge < -0.3 is 5.32 Å². The van der Waals surface area contributed by atoms with Gasteiger partial charge in [0.05, 0.1) is 11.4 Å². The molecular formula is C8H8ClN5. The van der Waals surface area contributed by atoms with E-state index in [0.717, 1.165) is 11.4 Å². The molecular weight excluding hydrogens is 202 g/mol. The predicted molar refractivity (Wildman–Crippen MR) is 53.7 cm³/mol. The van der Waals surface area contributed by atoms with E-state index in [-0.39, 0.29) is 0 Å². The van der Waals surface area contributed by atoms with Crippen molar-refractivity contribution in [3.63, 3.8) is 0 Å². The van der Waals surface area contributed by atoms with Crippen LogP contribution in [0.5, 0.6) is 0 Å². The molecule has 0 fully saturated rings. The Kier molecular flexibility index (Phi) is 2.32. The first kappa shape index (κ1) is 8.96. The second kappa shape index (κ2) is 3.63. The number of benzene rings is 1. The van der Waals surface area contributed by atoms with E-state index in [4.69, 9.17) is 11.6 Å². The molecule has 0 radical (unpaired) electrons. The van der Waals surface area contributed by atoms with Crippen LogP contribution in [0.15, 0.2) is 24.5 Å². The number of halogens is 1. The van der Waals surface area contributed by atoms with Gasteiger partial charge in [-0.2, -0.15) is 4.68 Å². The number of nitrogens with zero attached hydrogens (tertiary/aromatic N) is 4. The average Bonchev–Trinajstić information content (AvgIpc) is 2.70. The maximum absolute atomic E-state index is 5.86. The molecule has 1 aromatic heterocycles. The molecule has 0 spiro atoms. The first-order chi connectivity index (χ1) is 6.81. The predicted octanol–water partition coefficient (Wildman–Crippen LogP) is 1.36. The van der Waals surface area contributed by atoms with Crippen molar-refractivity contribution < 1.29 is 0 Å². The van der Waals surface area contributed by atoms with Gasteiger partial charge in [-0.05, 0) is 28.6 Å². The monoisotopic (exact) mass is 209 g/mol. The minimum Gasteiger partial charge on any atom is -0.386 e. The summed E-state index contributed by atoms with van der Waals surface area (Å²) in [5.74, 6) is 0. The number of nitrogens with one attached hydrogen (secondary N) is 1. The van der Waals surface area contributed by atoms with E-state index in [0.29, 0.717) is 5.02 Å². The molecule has 6 heteroatoms. The number of rotatable bonds is 2. The molecule has 2 aromatic rings. The molecule has 0 aliphatic carbocycles. The number of hydrogen-bond acceptors (Lipinski definition) is 4. The smallest absolute Gasteiger partial charge is 0.143 e. The van der Waals surface area contributed by atoms with Crippen LogP contribution in [0, 0.1) is 0 Å². The van der Waals surface area contributed by atoms with E-state index >= 15 is 0 Å². The highest BCUT2D eigenvalue weighted by molar-refractivity contribution is 6.31. The number of anilines is 1. The average molecular weight is 210 g/mol. The maximum Gasteiger partial charge on any atom is 0.143 e. The van der Waals surface area contributed by atoms with Gasteiger partial charge in [0.1, 0.15) is 6.33 Å². The Morgan fingerprint density at radius 3 is 2.93 bits per heavy atom. The van der Waals surface area contributed by atoms with E-state index < -0.39 is 0 Å². The fourth-order valence-corrected chi connectivity index (χ4v) is 1.35. The summed E-state index contributed by atoms with van der Waals surface area (Å²) >= 11 is 5.86. The lowest BCUT2D eigenvalue weighted by Gasteiger charge is -2.07. The summed E-state index contributed by atoms with van der Waals surface area (Å²) in [6.45, 7) is 0. The molecule has 0 atom stereocenters. The number of hydrogen-bond donors (Lipinski definition) is 1. The summed E-state index contributed by atoms with van der Waals surface area (Å²) in [6.07, 6.45) is 1.53. The highest BCUT2D eigenvalue weighted by Gasteiger charge is 2.04. The van der Waals surface area contributed by atoms with Crippen LogP contribution in [0.4, 0.5) is 5.69 Å². The second-order valence-corrected chi connectivity index (χ2v) is 3.10. The standard InChI is InChI=1S/C8H8ClN5/c1-10-7-4-6(9)2-3-8(7)14-5-11-12-13-14/h2-5,10H,1H3. The molecule has 0 saturated heterocycles. The van der Waals surface area contributed by atoms with Gasteiger partial charge in [-0.15, -0.1) is 5.10 Å². The number of tetrazole rings is 1. The van der Waals surface area contributed by atoms with Crippen molar-refractivity contribution in [3.8, 4) is 5.69 Å². The molecule has 1 N–H and O–H groups in total. The van der Waals surface area contributed by atoms with E-state index in [1.54, 1.807) is 10.7 Å². The third-order valence-corrected chi connectivity index (χ3v) is 2.06. The van der Waals surface area contributed by atoms with Gasteiger partial charge in [-0.25, -0.2) is 0 Å². The van der Waals surface area contributed by atoms with Crippen molar-refractivity contribution >= 4 is 17.3 Å². The minimum atomic E-state index is 0.672. The normalized spacial score (nSPS) is 10.1. The molecule has 72 valence electrons. The van der Waals surface area contributed by atoms with Crippen molar-refractivity contribution in [1.82, 2.24) is 20.2 Å². The Labute approximate surface area is 85.7 Å². The van der Waals surface area contributed by atoms with E-state index in [2.05, 4.69) is 20.8 Å². The molecule has 0 aliphatic heterocycles. The summed E-state index contributed by atoms with van der Waals surface area (Å²) in [4.78, 5) is 0. The fourth-order valence-electron chi connectivity index (χ4n) is 1.18. The van der Waals surface area contributed by atoms with Gasteiger partial charge in [-0.3, -0.25) is 0 Å². The van der Waals surface area contributed by atoms with Gasteiger partial charge >= 0.3 is 0 Å². The highest BCUT2D eigenvalue weighted by atomic mass is 35.5. The summed E-state index contributed by atoms with van der Waals surface area (Å²) in [5.41, 5.74) is 1.74. The van der Waals surface area contributed by atoms with Gasteiger partial charge in [0.25, 0.3) is 0 Å². The summed E-state index contributed by atoms with van der Waals surface area (Å²) in [6, 6.07) is 5.46. The summed E-state index contributed by atoms with van der Waals surface area (Å²) in [7, 11) is 1.82. The molecule has 1 aromatic carbocycles. The lowest BCUT2D eigenvalue weighted by molar-refractivity contribution is 0.790. The zero-order valence-corrected chi connectivity index (χ0v) is 8.23. The Bertz CT molecular complexity index is 425. The lowest BCUT2D eigenvalue weighted by Crippen LogP contribution is -2.00. The quantitative estimate of drug-likeness (QED) is 0.812. The Morgan fingerprint density at radius 2 is 2.29 bits per heavy atom. The molecule has 0 amide bonds. The van der Waals surface area contributed by atoms with E-state index in [1.165, 1.54) is 6.33 Å². The van der Waals surface area contributed by atoms with Gasteiger partial charge in [0.15, 0.2) is 0 Å². The van der Waals surface area contributed by atoms with E-state index in [9.17, 15) is 0 Å². The Hall–Kier alpha value is -1.62. The van der Waals surface area contributed by atoms with Crippen molar-refractivity contribution in [2.45, 2.75) is 0 Å². The molecule has 0 bridgehead atoms. The van der Waals surface area contributed by atoms with Crippen molar-refractivity contribution in [3.05, 3.63) is 29.5 Å². The summed E-state index contributed by atoms with van der Waals surface area (Å²) < 4.78 is 1.57. The first-order valence-corrected chi connectivity index (χ1v) is 4.39. The molecule has 0 aliphatic rings. The van der Waals surface area contributed by atoms with Crippen LogP contribution in [-0.4, -0.2) is 27.3 Å². The van der Waals surface area contributed by atoms with Crippen molar-refractivity contribution in [2.24, 2.45) is 0 Å². The largest absolute Gasteiger partial charge is 0.386 e. The van der Waals surface area contributed by atoms with Crippen LogP contribution in [0.2, 0.25) is 5.02 Å². The molecule has 2 rings (SSSR count). The summed E-state index contributed by atoms with van der Waals surface area (Å²) in [5, 5.41) is 14.6. The SMILES string of the molecule is CNc1cc(Cl)ccc1-n1cnnn1. The van der Waals surface area contributed by atoms with Gasteiger partial charge in [0.2, 0.25) is 0 Å². The Morgan fingerprint density at radius 1 is 1.43 bits per heavy atom. The molecule has 1 heterocycles. The lowest BCUT2D eigenvalue weighted by atomic mass is 10.2. The minimum absolute atomic E-state index is 0.672. The highest BCUT2D eigenvalue weighted by Crippen LogP contribution is 2.22. The van der Waals surface area contributed by atoms with Crippen LogP contribution in [-0.2, 0) is 0 Å². The van der Waals surface area contributed by atoms with Crippen molar-refractivity contribution in [1.29, 1.82) is 0 Å². The van der Waals surface area contributed by atoms with Crippen LogP contribution in [0.1, 0.15) is 0 Å². The molecule has 14 heavy (non-hydrogen) atoms. The maximum atomic E-state index is 5.86. The van der Waals surface area contributed by atoms with E-state index in [1.807, 2.05) is 19.2 Å². The van der Waals surface area contributed by atoms with Crippen LogP contribution >= 0.6 is 11.6 Å². The zero-order chi connectivity index (χ0) is 9.97. The van der Waals surface area contributed by atoms with Gasteiger partial charge in [0, 0.05) is 12.1 Å². The zero-order valence-electron chi connectivity index (χ0n) is 7.48. The Balaban J connectivity index is 2.53. The van der Waals surface area contributed by atoms with Gasteiger partial charge in [-0.1, -0.05) is 11.6 Å². The van der Waals surface area contributed by atoms with Crippen LogP contribution in [0.25, 0.3) is 5.69 Å². The molecule has 0 unspecified atom stereocenters.